The van der Waals surface area contributed by atoms with Crippen LogP contribution < -0.4 is 5.32 Å². The van der Waals surface area contributed by atoms with Crippen LogP contribution in [0.15, 0.2) is 30.3 Å². The molecule has 8 nitrogen and oxygen atoms in total. The molecule has 3 rings (SSSR count). The van der Waals surface area contributed by atoms with Gasteiger partial charge in [-0.05, 0) is 18.4 Å². The molecule has 186 valence electrons. The summed E-state index contributed by atoms with van der Waals surface area (Å²) in [4.78, 5) is 52.0. The average molecular weight is 491 g/mol. The largest absolute Gasteiger partial charge is 0.459 e. The Morgan fingerprint density at radius 1 is 1.12 bits per heavy atom. The Kier molecular flexibility index (Phi) is 9.95. The van der Waals surface area contributed by atoms with Gasteiger partial charge in [-0.25, -0.2) is 4.79 Å². The molecule has 2 N–H and O–H groups in total. The summed E-state index contributed by atoms with van der Waals surface area (Å²) < 4.78 is 5.44. The summed E-state index contributed by atoms with van der Waals surface area (Å²) in [5.41, 5.74) is 0.835. The topological polar surface area (TPSA) is 113 Å². The van der Waals surface area contributed by atoms with Crippen molar-refractivity contribution in [1.29, 1.82) is 0 Å². The van der Waals surface area contributed by atoms with Crippen molar-refractivity contribution < 1.29 is 29.0 Å². The molecule has 0 aliphatic carbocycles. The highest BCUT2D eigenvalue weighted by molar-refractivity contribution is 8.13. The van der Waals surface area contributed by atoms with Crippen molar-refractivity contribution in [3.63, 3.8) is 0 Å². The molecule has 0 radical (unpaired) electrons. The van der Waals surface area contributed by atoms with E-state index < -0.39 is 24.2 Å². The first kappa shape index (κ1) is 26.2. The van der Waals surface area contributed by atoms with Gasteiger partial charge in [-0.1, -0.05) is 67.8 Å². The zero-order valence-electron chi connectivity index (χ0n) is 19.6. The fourth-order valence-corrected chi connectivity index (χ4v) is 5.21. The molecule has 2 heterocycles. The van der Waals surface area contributed by atoms with Crippen molar-refractivity contribution in [2.45, 2.75) is 76.7 Å². The van der Waals surface area contributed by atoms with Crippen LogP contribution in [0.25, 0.3) is 0 Å². The molecule has 0 aromatic heterocycles. The fourth-order valence-electron chi connectivity index (χ4n) is 4.45. The smallest absolute Gasteiger partial charge is 0.329 e. The molecule has 2 amide bonds. The highest BCUT2D eigenvalue weighted by Gasteiger charge is 2.42. The maximum atomic E-state index is 13.4. The van der Waals surface area contributed by atoms with E-state index in [9.17, 15) is 24.3 Å². The zero-order valence-corrected chi connectivity index (χ0v) is 20.4. The molecule has 4 atom stereocenters. The predicted molar refractivity (Wildman–Crippen MR) is 129 cm³/mol. The Balaban J connectivity index is 1.67. The van der Waals surface area contributed by atoms with Crippen LogP contribution in [0.1, 0.15) is 57.4 Å². The number of amides is 2. The Morgan fingerprint density at radius 2 is 1.82 bits per heavy atom. The number of carbonyl (C=O) groups is 4. The predicted octanol–water partition coefficient (Wildman–Crippen LogP) is 2.43. The van der Waals surface area contributed by atoms with Gasteiger partial charge in [0.1, 0.15) is 18.7 Å². The van der Waals surface area contributed by atoms with E-state index in [1.54, 1.807) is 0 Å². The van der Waals surface area contributed by atoms with Gasteiger partial charge in [0.05, 0.1) is 6.10 Å². The standard InChI is InChI=1S/C25H34N2O6S/c1-17(28)34-16-19-11-7-2-3-8-12-21(26-23(19)30)24(31)27-14-20(29)13-22(27)25(32)33-15-18-9-5-4-6-10-18/h4-6,9-10,19-22,29H,2-3,7-8,11-16H2,1H3,(H,26,30)/t19-,20+,21-,22-/m0/s1. The lowest BCUT2D eigenvalue weighted by molar-refractivity contribution is -0.155. The Labute approximate surface area is 204 Å². The lowest BCUT2D eigenvalue weighted by Crippen LogP contribution is -2.53. The van der Waals surface area contributed by atoms with Crippen molar-refractivity contribution in [3.05, 3.63) is 35.9 Å². The second-order valence-corrected chi connectivity index (χ2v) is 10.2. The summed E-state index contributed by atoms with van der Waals surface area (Å²) in [5.74, 6) is -1.13. The monoisotopic (exact) mass is 490 g/mol. The van der Waals surface area contributed by atoms with Gasteiger partial charge in [0, 0.05) is 31.6 Å². The first-order valence-corrected chi connectivity index (χ1v) is 13.0. The third-order valence-electron chi connectivity index (χ3n) is 6.33. The van der Waals surface area contributed by atoms with E-state index in [0.29, 0.717) is 18.6 Å². The van der Waals surface area contributed by atoms with Crippen molar-refractivity contribution in [3.8, 4) is 0 Å². The summed E-state index contributed by atoms with van der Waals surface area (Å²) in [6.07, 6.45) is 4.01. The van der Waals surface area contributed by atoms with E-state index >= 15 is 0 Å². The van der Waals surface area contributed by atoms with Crippen LogP contribution >= 0.6 is 11.8 Å². The molecule has 1 aromatic carbocycles. The molecular weight excluding hydrogens is 456 g/mol. The van der Waals surface area contributed by atoms with E-state index in [-0.39, 0.29) is 42.4 Å². The molecule has 2 fully saturated rings. The van der Waals surface area contributed by atoms with E-state index in [2.05, 4.69) is 5.32 Å². The molecule has 34 heavy (non-hydrogen) atoms. The van der Waals surface area contributed by atoms with Crippen LogP contribution in [-0.2, 0) is 30.5 Å². The number of β-amino-alcohol motifs (C(OH)–C–C–N with tert-alkyl or cyclic N) is 1. The number of aliphatic hydroxyl groups excluding tert-OH is 1. The van der Waals surface area contributed by atoms with E-state index in [1.807, 2.05) is 30.3 Å². The molecule has 0 spiro atoms. The summed E-state index contributed by atoms with van der Waals surface area (Å²) in [7, 11) is 0. The van der Waals surface area contributed by atoms with Crippen LogP contribution in [-0.4, -0.2) is 63.4 Å². The van der Waals surface area contributed by atoms with Gasteiger partial charge in [0.15, 0.2) is 5.12 Å². The summed E-state index contributed by atoms with van der Waals surface area (Å²) in [6.45, 7) is 1.59. The highest BCUT2D eigenvalue weighted by Crippen LogP contribution is 2.24. The molecule has 1 aromatic rings. The second-order valence-electron chi connectivity index (χ2n) is 9.04. The average Bonchev–Trinajstić information content (AvgIpc) is 3.22. The molecular formula is C25H34N2O6S. The number of nitrogens with zero attached hydrogens (tertiary/aromatic N) is 1. The summed E-state index contributed by atoms with van der Waals surface area (Å²) in [5, 5.41) is 13.1. The number of esters is 1. The molecule has 2 aliphatic heterocycles. The number of carbonyl (C=O) groups excluding carboxylic acids is 4. The van der Waals surface area contributed by atoms with E-state index in [0.717, 1.165) is 43.0 Å². The van der Waals surface area contributed by atoms with E-state index in [4.69, 9.17) is 4.74 Å². The van der Waals surface area contributed by atoms with Gasteiger partial charge in [0.25, 0.3) is 0 Å². The SMILES string of the molecule is CC(=O)SC[C@@H]1CCCCCC[C@@H](C(=O)N2C[C@H](O)C[C@H]2C(=O)OCc2ccccc2)NC1=O. The van der Waals surface area contributed by atoms with Gasteiger partial charge < -0.3 is 20.1 Å². The maximum Gasteiger partial charge on any atom is 0.329 e. The number of hydrogen-bond donors (Lipinski definition) is 2. The van der Waals surface area contributed by atoms with Crippen molar-refractivity contribution in [2.24, 2.45) is 5.92 Å². The third-order valence-corrected chi connectivity index (χ3v) is 7.30. The number of likely N-dealkylation sites (tertiary alicyclic amines) is 1. The Hall–Kier alpha value is -2.39. The fraction of sp³-hybridized carbons (Fsp3) is 0.600. The molecule has 0 unspecified atom stereocenters. The molecule has 2 saturated heterocycles. The minimum absolute atomic E-state index is 0.0277. The number of nitrogens with one attached hydrogen (secondary N) is 1. The van der Waals surface area contributed by atoms with Crippen LogP contribution in [0.2, 0.25) is 0 Å². The summed E-state index contributed by atoms with van der Waals surface area (Å²) in [6, 6.07) is 7.60. The third kappa shape index (κ3) is 7.56. The number of ether oxygens (including phenoxy) is 1. The minimum Gasteiger partial charge on any atom is -0.459 e. The Morgan fingerprint density at radius 3 is 2.53 bits per heavy atom. The second kappa shape index (κ2) is 12.9. The Bertz CT molecular complexity index is 864. The van der Waals surface area contributed by atoms with Crippen LogP contribution in [0.5, 0.6) is 0 Å². The van der Waals surface area contributed by atoms with Crippen LogP contribution in [0.3, 0.4) is 0 Å². The number of thioether (sulfide) groups is 1. The van der Waals surface area contributed by atoms with Crippen molar-refractivity contribution in [1.82, 2.24) is 10.2 Å². The van der Waals surface area contributed by atoms with Crippen LogP contribution in [0, 0.1) is 5.92 Å². The van der Waals surface area contributed by atoms with Crippen molar-refractivity contribution >= 4 is 34.7 Å². The van der Waals surface area contributed by atoms with Gasteiger partial charge in [-0.15, -0.1) is 0 Å². The van der Waals surface area contributed by atoms with Gasteiger partial charge >= 0.3 is 5.97 Å². The number of benzene rings is 1. The first-order valence-electron chi connectivity index (χ1n) is 12.0. The minimum atomic E-state index is -0.886. The van der Waals surface area contributed by atoms with Gasteiger partial charge in [0.2, 0.25) is 11.8 Å². The molecule has 0 saturated carbocycles. The number of aliphatic hydroxyl groups is 1. The van der Waals surface area contributed by atoms with Gasteiger partial charge in [-0.3, -0.25) is 14.4 Å². The van der Waals surface area contributed by atoms with E-state index in [1.165, 1.54) is 11.8 Å². The molecule has 2 aliphatic rings. The molecule has 9 heteroatoms. The normalized spacial score (nSPS) is 25.9. The lowest BCUT2D eigenvalue weighted by atomic mass is 9.97. The maximum absolute atomic E-state index is 13.4. The van der Waals surface area contributed by atoms with Crippen LogP contribution in [0.4, 0.5) is 0 Å². The quantitative estimate of drug-likeness (QED) is 0.589. The zero-order chi connectivity index (χ0) is 24.5. The first-order chi connectivity index (χ1) is 16.3. The van der Waals surface area contributed by atoms with Gasteiger partial charge in [-0.2, -0.15) is 0 Å². The summed E-state index contributed by atoms with van der Waals surface area (Å²) >= 11 is 1.12. The number of hydrogen-bond acceptors (Lipinski definition) is 7. The lowest BCUT2D eigenvalue weighted by Gasteiger charge is -2.29. The number of rotatable bonds is 6. The molecule has 0 bridgehead atoms. The highest BCUT2D eigenvalue weighted by atomic mass is 32.2. The van der Waals surface area contributed by atoms with Crippen molar-refractivity contribution in [2.75, 3.05) is 12.3 Å².